The normalized spacial score (nSPS) is 10.4. The topological polar surface area (TPSA) is 20.3 Å². The lowest BCUT2D eigenvalue weighted by atomic mass is 10.2. The first kappa shape index (κ1) is 13.8. The van der Waals surface area contributed by atoms with Crippen LogP contribution in [0.1, 0.15) is 15.9 Å². The number of hydrogen-bond donors (Lipinski definition) is 0. The van der Waals surface area contributed by atoms with Crippen LogP contribution in [0.2, 0.25) is 5.02 Å². The van der Waals surface area contributed by atoms with Crippen molar-refractivity contribution < 1.29 is 4.79 Å². The lowest BCUT2D eigenvalue weighted by Gasteiger charge is -2.17. The molecule has 0 bridgehead atoms. The van der Waals surface area contributed by atoms with Crippen LogP contribution in [0.5, 0.6) is 0 Å². The number of hydrogen-bond acceptors (Lipinski definition) is 2. The molecule has 0 aliphatic heterocycles. The van der Waals surface area contributed by atoms with Crippen LogP contribution in [0, 0.1) is 2.88 Å². The maximum Gasteiger partial charge on any atom is 0.254 e. The van der Waals surface area contributed by atoms with Crippen molar-refractivity contribution in [3.63, 3.8) is 0 Å². The molecule has 0 unspecified atom stereocenters. The summed E-state index contributed by atoms with van der Waals surface area (Å²) in [5.74, 6) is 0.0223. The third-order valence-corrected chi connectivity index (χ3v) is 4.68. The van der Waals surface area contributed by atoms with E-state index in [0.717, 1.165) is 14.0 Å². The smallest absolute Gasteiger partial charge is 0.254 e. The van der Waals surface area contributed by atoms with Gasteiger partial charge in [0.1, 0.15) is 0 Å². The minimum absolute atomic E-state index is 0.0223. The molecule has 0 radical (unpaired) electrons. The molecule has 0 fully saturated rings. The number of halogens is 2. The van der Waals surface area contributed by atoms with Gasteiger partial charge in [0.25, 0.3) is 5.91 Å². The van der Waals surface area contributed by atoms with Crippen molar-refractivity contribution >= 4 is 51.4 Å². The van der Waals surface area contributed by atoms with E-state index < -0.39 is 0 Å². The van der Waals surface area contributed by atoms with Crippen molar-refractivity contribution in [2.75, 3.05) is 7.05 Å². The van der Waals surface area contributed by atoms with Crippen LogP contribution in [0.15, 0.2) is 35.7 Å². The fraction of sp³-hybridized carbons (Fsp3) is 0.154. The quantitative estimate of drug-likeness (QED) is 0.715. The van der Waals surface area contributed by atoms with Gasteiger partial charge in [-0.15, -0.1) is 11.3 Å². The lowest BCUT2D eigenvalue weighted by Crippen LogP contribution is -2.25. The van der Waals surface area contributed by atoms with Gasteiger partial charge in [0, 0.05) is 24.0 Å². The molecular weight excluding hydrogens is 381 g/mol. The average molecular weight is 392 g/mol. The number of rotatable bonds is 3. The molecular formula is C13H11ClINOS. The number of carbonyl (C=O) groups excluding carboxylic acids is 1. The summed E-state index contributed by atoms with van der Waals surface area (Å²) in [6.45, 7) is 0.519. The van der Waals surface area contributed by atoms with Crippen molar-refractivity contribution in [3.8, 4) is 0 Å². The number of amides is 1. The Balaban J connectivity index is 2.11. The Hall–Kier alpha value is -0.590. The first-order valence-corrected chi connectivity index (χ1v) is 7.64. The maximum absolute atomic E-state index is 12.2. The van der Waals surface area contributed by atoms with Gasteiger partial charge >= 0.3 is 0 Å². The van der Waals surface area contributed by atoms with Gasteiger partial charge in [-0.2, -0.15) is 0 Å². The zero-order valence-corrected chi connectivity index (χ0v) is 13.4. The molecule has 18 heavy (non-hydrogen) atoms. The molecule has 0 spiro atoms. The lowest BCUT2D eigenvalue weighted by molar-refractivity contribution is 0.0785. The molecule has 2 aromatic rings. The van der Waals surface area contributed by atoms with Crippen LogP contribution in [0.3, 0.4) is 0 Å². The molecule has 0 aliphatic rings. The largest absolute Gasteiger partial charge is 0.337 e. The molecule has 94 valence electrons. The van der Waals surface area contributed by atoms with Crippen LogP contribution in [-0.4, -0.2) is 17.9 Å². The maximum atomic E-state index is 12.2. The SMILES string of the molecule is CN(Cc1ccccc1Cl)C(=O)c1csc(I)c1. The molecule has 1 aromatic carbocycles. The summed E-state index contributed by atoms with van der Waals surface area (Å²) < 4.78 is 1.11. The van der Waals surface area contributed by atoms with Gasteiger partial charge in [-0.05, 0) is 40.3 Å². The third-order valence-electron chi connectivity index (χ3n) is 2.53. The molecule has 2 nitrogen and oxygen atoms in total. The minimum atomic E-state index is 0.0223. The van der Waals surface area contributed by atoms with E-state index in [9.17, 15) is 4.79 Å². The summed E-state index contributed by atoms with van der Waals surface area (Å²) in [6, 6.07) is 9.48. The second-order valence-electron chi connectivity index (χ2n) is 3.89. The summed E-state index contributed by atoms with van der Waals surface area (Å²) >= 11 is 9.87. The summed E-state index contributed by atoms with van der Waals surface area (Å²) in [7, 11) is 1.79. The van der Waals surface area contributed by atoms with E-state index in [1.54, 1.807) is 23.3 Å². The van der Waals surface area contributed by atoms with E-state index in [2.05, 4.69) is 22.6 Å². The van der Waals surface area contributed by atoms with Gasteiger partial charge < -0.3 is 4.90 Å². The highest BCUT2D eigenvalue weighted by Crippen LogP contribution is 2.20. The zero-order chi connectivity index (χ0) is 13.1. The van der Waals surface area contributed by atoms with E-state index in [-0.39, 0.29) is 5.91 Å². The number of benzene rings is 1. The molecule has 1 heterocycles. The second-order valence-corrected chi connectivity index (χ2v) is 7.10. The van der Waals surface area contributed by atoms with Crippen molar-refractivity contribution in [1.82, 2.24) is 4.90 Å². The number of thiophene rings is 1. The first-order valence-electron chi connectivity index (χ1n) is 5.31. The van der Waals surface area contributed by atoms with Gasteiger partial charge in [0.2, 0.25) is 0 Å². The van der Waals surface area contributed by atoms with E-state index >= 15 is 0 Å². The summed E-state index contributed by atoms with van der Waals surface area (Å²) in [5, 5.41) is 2.57. The predicted molar refractivity (Wildman–Crippen MR) is 84.3 cm³/mol. The van der Waals surface area contributed by atoms with Gasteiger partial charge in [0.15, 0.2) is 0 Å². The first-order chi connectivity index (χ1) is 8.58. The second kappa shape index (κ2) is 6.04. The van der Waals surface area contributed by atoms with Crippen LogP contribution >= 0.6 is 45.5 Å². The van der Waals surface area contributed by atoms with Crippen LogP contribution < -0.4 is 0 Å². The van der Waals surface area contributed by atoms with E-state index in [4.69, 9.17) is 11.6 Å². The van der Waals surface area contributed by atoms with E-state index in [1.807, 2.05) is 35.7 Å². The fourth-order valence-electron chi connectivity index (χ4n) is 1.60. The fourth-order valence-corrected chi connectivity index (χ4v) is 3.11. The monoisotopic (exact) mass is 391 g/mol. The molecule has 0 saturated carbocycles. The Kier molecular flexibility index (Phi) is 4.64. The van der Waals surface area contributed by atoms with Crippen molar-refractivity contribution in [2.45, 2.75) is 6.54 Å². The Morgan fingerprint density at radius 1 is 1.44 bits per heavy atom. The van der Waals surface area contributed by atoms with Crippen LogP contribution in [0.4, 0.5) is 0 Å². The Bertz CT molecular complexity index is 570. The third kappa shape index (κ3) is 3.24. The number of carbonyl (C=O) groups is 1. The average Bonchev–Trinajstić information content (AvgIpc) is 2.78. The van der Waals surface area contributed by atoms with Gasteiger partial charge in [-0.25, -0.2) is 0 Å². The Morgan fingerprint density at radius 3 is 2.78 bits per heavy atom. The number of nitrogens with zero attached hydrogens (tertiary/aromatic N) is 1. The zero-order valence-electron chi connectivity index (χ0n) is 9.69. The van der Waals surface area contributed by atoms with E-state index in [1.165, 1.54) is 0 Å². The molecule has 0 aliphatic carbocycles. The van der Waals surface area contributed by atoms with Crippen molar-refractivity contribution in [1.29, 1.82) is 0 Å². The summed E-state index contributed by atoms with van der Waals surface area (Å²) in [5.41, 5.74) is 1.69. The standard InChI is InChI=1S/C13H11ClINOS/c1-16(7-9-4-2-3-5-11(9)14)13(17)10-6-12(15)18-8-10/h2-6,8H,7H2,1H3. The molecule has 0 saturated heterocycles. The Labute approximate surface area is 129 Å². The van der Waals surface area contributed by atoms with Crippen LogP contribution in [0.25, 0.3) is 0 Å². The highest BCUT2D eigenvalue weighted by atomic mass is 127. The minimum Gasteiger partial charge on any atom is -0.337 e. The van der Waals surface area contributed by atoms with Gasteiger partial charge in [-0.3, -0.25) is 4.79 Å². The molecule has 0 N–H and O–H groups in total. The molecule has 2 rings (SSSR count). The van der Waals surface area contributed by atoms with Gasteiger partial charge in [-0.1, -0.05) is 29.8 Å². The van der Waals surface area contributed by atoms with E-state index in [0.29, 0.717) is 11.6 Å². The highest BCUT2D eigenvalue weighted by Gasteiger charge is 2.14. The summed E-state index contributed by atoms with van der Waals surface area (Å²) in [6.07, 6.45) is 0. The molecule has 1 amide bonds. The van der Waals surface area contributed by atoms with Crippen molar-refractivity contribution in [2.24, 2.45) is 0 Å². The van der Waals surface area contributed by atoms with Crippen LogP contribution in [-0.2, 0) is 6.54 Å². The highest BCUT2D eigenvalue weighted by molar-refractivity contribution is 14.1. The summed E-state index contributed by atoms with van der Waals surface area (Å²) in [4.78, 5) is 13.8. The Morgan fingerprint density at radius 2 is 2.17 bits per heavy atom. The van der Waals surface area contributed by atoms with Gasteiger partial charge in [0.05, 0.1) is 8.45 Å². The van der Waals surface area contributed by atoms with Crippen molar-refractivity contribution in [3.05, 3.63) is 54.7 Å². The predicted octanol–water partition coefficient (Wildman–Crippen LogP) is 4.28. The molecule has 1 aromatic heterocycles. The molecule has 0 atom stereocenters. The molecule has 5 heteroatoms.